The molecular formula is C17H19NO2. The van der Waals surface area contributed by atoms with E-state index in [1.54, 1.807) is 13.0 Å². The van der Waals surface area contributed by atoms with Crippen LogP contribution >= 0.6 is 0 Å². The summed E-state index contributed by atoms with van der Waals surface area (Å²) < 4.78 is 0. The minimum atomic E-state index is -0.538. The first kappa shape index (κ1) is 14.3. The van der Waals surface area contributed by atoms with E-state index in [9.17, 15) is 9.90 Å². The van der Waals surface area contributed by atoms with E-state index in [4.69, 9.17) is 0 Å². The quantitative estimate of drug-likeness (QED) is 0.895. The summed E-state index contributed by atoms with van der Waals surface area (Å²) in [6.45, 7) is 3.72. The van der Waals surface area contributed by atoms with E-state index >= 15 is 0 Å². The Morgan fingerprint density at radius 3 is 2.55 bits per heavy atom. The SMILES string of the molecule is Cc1ccc(CC(=O)Nc2cccc([C@@H](C)O)c2)cc1. The zero-order chi connectivity index (χ0) is 14.5. The molecule has 2 rings (SSSR count). The number of aryl methyl sites for hydroxylation is 1. The molecule has 1 atom stereocenters. The van der Waals surface area contributed by atoms with Crippen molar-refractivity contribution in [3.8, 4) is 0 Å². The molecule has 2 aromatic carbocycles. The fourth-order valence-corrected chi connectivity index (χ4v) is 1.97. The number of anilines is 1. The van der Waals surface area contributed by atoms with Crippen molar-refractivity contribution < 1.29 is 9.90 Å². The molecule has 0 bridgehead atoms. The van der Waals surface area contributed by atoms with Crippen molar-refractivity contribution in [1.82, 2.24) is 0 Å². The van der Waals surface area contributed by atoms with Gasteiger partial charge in [-0.2, -0.15) is 0 Å². The van der Waals surface area contributed by atoms with Gasteiger partial charge in [-0.15, -0.1) is 0 Å². The number of hydrogen-bond donors (Lipinski definition) is 2. The molecule has 0 aromatic heterocycles. The number of amides is 1. The Balaban J connectivity index is 2.01. The number of nitrogens with one attached hydrogen (secondary N) is 1. The molecule has 20 heavy (non-hydrogen) atoms. The van der Waals surface area contributed by atoms with Gasteiger partial charge in [-0.25, -0.2) is 0 Å². The van der Waals surface area contributed by atoms with Crippen LogP contribution in [0.2, 0.25) is 0 Å². The first-order chi connectivity index (χ1) is 9.54. The van der Waals surface area contributed by atoms with Crippen molar-refractivity contribution in [2.24, 2.45) is 0 Å². The molecule has 2 N–H and O–H groups in total. The summed E-state index contributed by atoms with van der Waals surface area (Å²) >= 11 is 0. The van der Waals surface area contributed by atoms with Gasteiger partial charge in [0.2, 0.25) is 5.91 Å². The highest BCUT2D eigenvalue weighted by molar-refractivity contribution is 5.92. The van der Waals surface area contributed by atoms with Crippen LogP contribution in [-0.4, -0.2) is 11.0 Å². The normalized spacial score (nSPS) is 11.9. The zero-order valence-corrected chi connectivity index (χ0v) is 11.8. The maximum Gasteiger partial charge on any atom is 0.228 e. The molecule has 3 nitrogen and oxygen atoms in total. The van der Waals surface area contributed by atoms with Crippen molar-refractivity contribution >= 4 is 11.6 Å². The molecule has 0 unspecified atom stereocenters. The monoisotopic (exact) mass is 269 g/mol. The number of hydrogen-bond acceptors (Lipinski definition) is 2. The molecule has 0 spiro atoms. The van der Waals surface area contributed by atoms with Crippen LogP contribution < -0.4 is 5.32 Å². The van der Waals surface area contributed by atoms with Gasteiger partial charge in [0.05, 0.1) is 12.5 Å². The summed E-state index contributed by atoms with van der Waals surface area (Å²) in [4.78, 5) is 12.0. The standard InChI is InChI=1S/C17H19NO2/c1-12-6-8-14(9-7-12)10-17(20)18-16-5-3-4-15(11-16)13(2)19/h3-9,11,13,19H,10H2,1-2H3,(H,18,20)/t13-/m1/s1. The third-order valence-corrected chi connectivity index (χ3v) is 3.14. The molecule has 104 valence electrons. The van der Waals surface area contributed by atoms with Crippen LogP contribution in [0, 0.1) is 6.92 Å². The van der Waals surface area contributed by atoms with E-state index in [2.05, 4.69) is 5.32 Å². The Kier molecular flexibility index (Phi) is 4.53. The van der Waals surface area contributed by atoms with Gasteiger partial charge in [0.15, 0.2) is 0 Å². The third kappa shape index (κ3) is 3.93. The Morgan fingerprint density at radius 2 is 1.90 bits per heavy atom. The van der Waals surface area contributed by atoms with Crippen LogP contribution in [0.5, 0.6) is 0 Å². The van der Waals surface area contributed by atoms with Gasteiger partial charge < -0.3 is 10.4 Å². The second-order valence-electron chi connectivity index (χ2n) is 5.01. The summed E-state index contributed by atoms with van der Waals surface area (Å²) in [6.07, 6.45) is -0.192. The fourth-order valence-electron chi connectivity index (χ4n) is 1.97. The van der Waals surface area contributed by atoms with Crippen molar-refractivity contribution in [2.75, 3.05) is 5.32 Å². The maximum absolute atomic E-state index is 12.0. The second kappa shape index (κ2) is 6.35. The van der Waals surface area contributed by atoms with Crippen molar-refractivity contribution in [3.05, 3.63) is 65.2 Å². The summed E-state index contributed by atoms with van der Waals surface area (Å²) in [5.74, 6) is -0.0587. The van der Waals surface area contributed by atoms with E-state index in [0.717, 1.165) is 11.1 Å². The number of carbonyl (C=O) groups excluding carboxylic acids is 1. The number of aliphatic hydroxyl groups is 1. The molecule has 0 aliphatic carbocycles. The van der Waals surface area contributed by atoms with Gasteiger partial charge in [-0.05, 0) is 37.1 Å². The Bertz CT molecular complexity index is 588. The third-order valence-electron chi connectivity index (χ3n) is 3.14. The molecular weight excluding hydrogens is 250 g/mol. The van der Waals surface area contributed by atoms with Crippen LogP contribution in [0.15, 0.2) is 48.5 Å². The zero-order valence-electron chi connectivity index (χ0n) is 11.8. The minimum Gasteiger partial charge on any atom is -0.389 e. The summed E-state index contributed by atoms with van der Waals surface area (Å²) in [5, 5.41) is 12.4. The van der Waals surface area contributed by atoms with E-state index < -0.39 is 6.10 Å². The average molecular weight is 269 g/mol. The number of rotatable bonds is 4. The van der Waals surface area contributed by atoms with Gasteiger partial charge >= 0.3 is 0 Å². The topological polar surface area (TPSA) is 49.3 Å². The molecule has 0 aliphatic heterocycles. The van der Waals surface area contributed by atoms with Crippen LogP contribution in [0.25, 0.3) is 0 Å². The lowest BCUT2D eigenvalue weighted by Crippen LogP contribution is -2.14. The number of carbonyl (C=O) groups is 1. The first-order valence-electron chi connectivity index (χ1n) is 6.68. The molecule has 0 heterocycles. The summed E-state index contributed by atoms with van der Waals surface area (Å²) in [6, 6.07) is 15.2. The number of benzene rings is 2. The molecule has 0 radical (unpaired) electrons. The lowest BCUT2D eigenvalue weighted by atomic mass is 10.1. The molecule has 0 fully saturated rings. The molecule has 2 aromatic rings. The molecule has 0 aliphatic rings. The Hall–Kier alpha value is -2.13. The molecule has 3 heteroatoms. The van der Waals surface area contributed by atoms with Gasteiger partial charge in [0.1, 0.15) is 0 Å². The fraction of sp³-hybridized carbons (Fsp3) is 0.235. The lowest BCUT2D eigenvalue weighted by molar-refractivity contribution is -0.115. The summed E-state index contributed by atoms with van der Waals surface area (Å²) in [5.41, 5.74) is 3.66. The second-order valence-corrected chi connectivity index (χ2v) is 5.01. The van der Waals surface area contributed by atoms with Crippen LogP contribution in [0.3, 0.4) is 0 Å². The van der Waals surface area contributed by atoms with Crippen molar-refractivity contribution in [3.63, 3.8) is 0 Å². The van der Waals surface area contributed by atoms with Crippen molar-refractivity contribution in [2.45, 2.75) is 26.4 Å². The van der Waals surface area contributed by atoms with E-state index in [0.29, 0.717) is 12.1 Å². The smallest absolute Gasteiger partial charge is 0.228 e. The molecule has 1 amide bonds. The van der Waals surface area contributed by atoms with Crippen molar-refractivity contribution in [1.29, 1.82) is 0 Å². The van der Waals surface area contributed by atoms with Gasteiger partial charge in [0.25, 0.3) is 0 Å². The van der Waals surface area contributed by atoms with Crippen LogP contribution in [-0.2, 0) is 11.2 Å². The molecule has 0 saturated carbocycles. The van der Waals surface area contributed by atoms with Gasteiger partial charge in [0, 0.05) is 5.69 Å². The first-order valence-corrected chi connectivity index (χ1v) is 6.68. The highest BCUT2D eigenvalue weighted by Crippen LogP contribution is 2.17. The van der Waals surface area contributed by atoms with E-state index in [1.807, 2.05) is 49.4 Å². The highest BCUT2D eigenvalue weighted by Gasteiger charge is 2.06. The average Bonchev–Trinajstić information content (AvgIpc) is 2.41. The van der Waals surface area contributed by atoms with Gasteiger partial charge in [-0.3, -0.25) is 4.79 Å². The summed E-state index contributed by atoms with van der Waals surface area (Å²) in [7, 11) is 0. The number of aliphatic hydroxyl groups excluding tert-OH is 1. The molecule has 0 saturated heterocycles. The van der Waals surface area contributed by atoms with Gasteiger partial charge in [-0.1, -0.05) is 42.0 Å². The van der Waals surface area contributed by atoms with Crippen LogP contribution in [0.4, 0.5) is 5.69 Å². The Labute approximate surface area is 119 Å². The maximum atomic E-state index is 12.0. The predicted octanol–water partition coefficient (Wildman–Crippen LogP) is 3.23. The van der Waals surface area contributed by atoms with E-state index in [1.165, 1.54) is 5.56 Å². The van der Waals surface area contributed by atoms with E-state index in [-0.39, 0.29) is 5.91 Å². The predicted molar refractivity (Wildman–Crippen MR) is 80.6 cm³/mol. The largest absolute Gasteiger partial charge is 0.389 e. The van der Waals surface area contributed by atoms with Crippen LogP contribution in [0.1, 0.15) is 29.7 Å². The lowest BCUT2D eigenvalue weighted by Gasteiger charge is -2.09. The Morgan fingerprint density at radius 1 is 1.20 bits per heavy atom. The minimum absolute atomic E-state index is 0.0587. The highest BCUT2D eigenvalue weighted by atomic mass is 16.3.